The molecule has 0 aromatic heterocycles. The number of carbonyl (C=O) groups is 2. The molecule has 0 unspecified atom stereocenters. The molecule has 3 nitrogen and oxygen atoms in total. The molecule has 2 fully saturated rings. The van der Waals surface area contributed by atoms with Crippen LogP contribution in [0.25, 0.3) is 0 Å². The molecule has 0 aromatic rings. The number of ketones is 1. The molecule has 0 amide bonds. The molecule has 0 N–H and O–H groups in total. The fraction of sp³-hybridized carbons (Fsp3) is 0.846. The lowest BCUT2D eigenvalue weighted by Crippen LogP contribution is -2.34. The highest BCUT2D eigenvalue weighted by Crippen LogP contribution is 2.65. The smallest absolute Gasteiger partial charge is 0.302 e. The van der Waals surface area contributed by atoms with Gasteiger partial charge in [-0.1, -0.05) is 20.8 Å². The second-order valence-electron chi connectivity index (χ2n) is 5.97. The van der Waals surface area contributed by atoms with E-state index in [1.165, 1.54) is 6.92 Å². The first-order valence-electron chi connectivity index (χ1n) is 5.98. The Labute approximate surface area is 96.5 Å². The summed E-state index contributed by atoms with van der Waals surface area (Å²) in [5.74, 6) is 0.315. The predicted molar refractivity (Wildman–Crippen MR) is 59.7 cm³/mol. The van der Waals surface area contributed by atoms with E-state index in [-0.39, 0.29) is 29.3 Å². The van der Waals surface area contributed by atoms with E-state index in [1.807, 2.05) is 0 Å². The minimum atomic E-state index is -0.293. The zero-order valence-electron chi connectivity index (χ0n) is 10.5. The van der Waals surface area contributed by atoms with Crippen LogP contribution < -0.4 is 0 Å². The van der Waals surface area contributed by atoms with Crippen molar-refractivity contribution in [2.24, 2.45) is 22.7 Å². The number of rotatable bonds is 2. The van der Waals surface area contributed by atoms with Crippen LogP contribution in [0.2, 0.25) is 0 Å². The number of Topliss-reactive ketones (excluding diaryl/α,β-unsaturated/α-hetero) is 1. The second kappa shape index (κ2) is 3.31. The maximum absolute atomic E-state index is 12.3. The van der Waals surface area contributed by atoms with Gasteiger partial charge in [0.05, 0.1) is 5.92 Å². The second-order valence-corrected chi connectivity index (χ2v) is 5.97. The zero-order valence-corrected chi connectivity index (χ0v) is 10.5. The topological polar surface area (TPSA) is 43.4 Å². The molecular formula is C13H20O3. The molecule has 2 aliphatic rings. The van der Waals surface area contributed by atoms with Crippen molar-refractivity contribution in [2.45, 2.75) is 40.5 Å². The molecular weight excluding hydrogens is 204 g/mol. The van der Waals surface area contributed by atoms with Gasteiger partial charge in [-0.3, -0.25) is 9.59 Å². The molecule has 2 aliphatic carbocycles. The van der Waals surface area contributed by atoms with Crippen molar-refractivity contribution in [1.82, 2.24) is 0 Å². The van der Waals surface area contributed by atoms with Crippen molar-refractivity contribution >= 4 is 11.8 Å². The maximum Gasteiger partial charge on any atom is 0.302 e. The van der Waals surface area contributed by atoms with Crippen LogP contribution >= 0.6 is 0 Å². The summed E-state index contributed by atoms with van der Waals surface area (Å²) in [6, 6.07) is 0. The van der Waals surface area contributed by atoms with Gasteiger partial charge in [0, 0.05) is 12.3 Å². The number of ether oxygens (including phenoxy) is 1. The summed E-state index contributed by atoms with van der Waals surface area (Å²) in [6.45, 7) is 8.10. The Morgan fingerprint density at radius 3 is 2.50 bits per heavy atom. The van der Waals surface area contributed by atoms with Gasteiger partial charge in [-0.05, 0) is 24.2 Å². The van der Waals surface area contributed by atoms with Gasteiger partial charge < -0.3 is 4.74 Å². The maximum atomic E-state index is 12.3. The Bertz CT molecular complexity index is 345. The molecule has 0 saturated heterocycles. The van der Waals surface area contributed by atoms with Gasteiger partial charge in [-0.15, -0.1) is 0 Å². The van der Waals surface area contributed by atoms with E-state index in [2.05, 4.69) is 20.8 Å². The molecule has 0 heterocycles. The Morgan fingerprint density at radius 1 is 1.44 bits per heavy atom. The normalized spacial score (nSPS) is 40.1. The van der Waals surface area contributed by atoms with Crippen molar-refractivity contribution < 1.29 is 14.3 Å². The number of hydrogen-bond acceptors (Lipinski definition) is 3. The van der Waals surface area contributed by atoms with Crippen LogP contribution in [0.3, 0.4) is 0 Å². The molecule has 0 aromatic carbocycles. The lowest BCUT2D eigenvalue weighted by atomic mass is 9.70. The molecule has 3 heteroatoms. The van der Waals surface area contributed by atoms with Crippen LogP contribution in [0, 0.1) is 22.7 Å². The predicted octanol–water partition coefficient (Wildman–Crippen LogP) is 2.19. The van der Waals surface area contributed by atoms with Gasteiger partial charge >= 0.3 is 5.97 Å². The van der Waals surface area contributed by atoms with Gasteiger partial charge in [0.2, 0.25) is 0 Å². The molecule has 16 heavy (non-hydrogen) atoms. The molecule has 2 saturated carbocycles. The number of fused-ring (bicyclic) bond motifs is 2. The number of esters is 1. The number of hydrogen-bond donors (Lipinski definition) is 0. The Kier molecular flexibility index (Phi) is 2.41. The summed E-state index contributed by atoms with van der Waals surface area (Å²) >= 11 is 0. The minimum absolute atomic E-state index is 0.0505. The summed E-state index contributed by atoms with van der Waals surface area (Å²) in [6.07, 6.45) is 2.07. The lowest BCUT2D eigenvalue weighted by Gasteiger charge is -2.32. The van der Waals surface area contributed by atoms with Crippen LogP contribution in [-0.4, -0.2) is 18.4 Å². The van der Waals surface area contributed by atoms with Crippen molar-refractivity contribution in [1.29, 1.82) is 0 Å². The summed E-state index contributed by atoms with van der Waals surface area (Å²) in [5.41, 5.74) is -0.155. The van der Waals surface area contributed by atoms with E-state index < -0.39 is 0 Å². The van der Waals surface area contributed by atoms with E-state index in [1.54, 1.807) is 0 Å². The summed E-state index contributed by atoms with van der Waals surface area (Å²) in [4.78, 5) is 23.1. The summed E-state index contributed by atoms with van der Waals surface area (Å²) in [7, 11) is 0. The van der Waals surface area contributed by atoms with Crippen LogP contribution in [0.5, 0.6) is 0 Å². The van der Waals surface area contributed by atoms with E-state index in [9.17, 15) is 9.59 Å². The standard InChI is InChI=1S/C13H20O3/c1-8(14)16-7-9-10-5-6-13(4,11(9)15)12(10,2)3/h9-10H,5-7H2,1-4H3/t9-,10-,13-/m0/s1. The average molecular weight is 224 g/mol. The third-order valence-electron chi connectivity index (χ3n) is 5.14. The van der Waals surface area contributed by atoms with Crippen LogP contribution in [0.4, 0.5) is 0 Å². The van der Waals surface area contributed by atoms with Gasteiger partial charge in [-0.2, -0.15) is 0 Å². The molecule has 3 atom stereocenters. The van der Waals surface area contributed by atoms with Gasteiger partial charge in [-0.25, -0.2) is 0 Å². The Morgan fingerprint density at radius 2 is 2.06 bits per heavy atom. The molecule has 90 valence electrons. The highest BCUT2D eigenvalue weighted by Gasteiger charge is 2.66. The van der Waals surface area contributed by atoms with Crippen LogP contribution in [-0.2, 0) is 14.3 Å². The molecule has 2 rings (SSSR count). The van der Waals surface area contributed by atoms with Crippen molar-refractivity contribution in [2.75, 3.05) is 6.61 Å². The van der Waals surface area contributed by atoms with E-state index in [0.717, 1.165) is 12.8 Å². The molecule has 0 aliphatic heterocycles. The monoisotopic (exact) mass is 224 g/mol. The van der Waals surface area contributed by atoms with Crippen molar-refractivity contribution in [3.05, 3.63) is 0 Å². The zero-order chi connectivity index (χ0) is 12.1. The quantitative estimate of drug-likeness (QED) is 0.675. The van der Waals surface area contributed by atoms with Crippen molar-refractivity contribution in [3.63, 3.8) is 0 Å². The van der Waals surface area contributed by atoms with E-state index >= 15 is 0 Å². The summed E-state index contributed by atoms with van der Waals surface area (Å²) in [5, 5.41) is 0. The Balaban J connectivity index is 2.20. The number of carbonyl (C=O) groups excluding carboxylic acids is 2. The highest BCUT2D eigenvalue weighted by molar-refractivity contribution is 5.91. The first-order valence-corrected chi connectivity index (χ1v) is 5.98. The van der Waals surface area contributed by atoms with Crippen LogP contribution in [0.1, 0.15) is 40.5 Å². The Hall–Kier alpha value is -0.860. The third kappa shape index (κ3) is 1.26. The molecule has 0 spiro atoms. The van der Waals surface area contributed by atoms with E-state index in [0.29, 0.717) is 11.7 Å². The fourth-order valence-corrected chi connectivity index (χ4v) is 3.67. The molecule has 2 bridgehead atoms. The largest absolute Gasteiger partial charge is 0.465 e. The van der Waals surface area contributed by atoms with Crippen LogP contribution in [0.15, 0.2) is 0 Å². The SMILES string of the molecule is CC(=O)OC[C@@H]1C(=O)[C@]2(C)CC[C@@H]1C2(C)C. The average Bonchev–Trinajstić information content (AvgIpc) is 2.47. The van der Waals surface area contributed by atoms with Gasteiger partial charge in [0.25, 0.3) is 0 Å². The first kappa shape index (κ1) is 11.6. The summed E-state index contributed by atoms with van der Waals surface area (Å²) < 4.78 is 5.03. The van der Waals surface area contributed by atoms with Gasteiger partial charge in [0.1, 0.15) is 12.4 Å². The fourth-order valence-electron chi connectivity index (χ4n) is 3.67. The first-order chi connectivity index (χ1) is 7.30. The minimum Gasteiger partial charge on any atom is -0.465 e. The lowest BCUT2D eigenvalue weighted by molar-refractivity contribution is -0.145. The van der Waals surface area contributed by atoms with Gasteiger partial charge in [0.15, 0.2) is 0 Å². The molecule has 0 radical (unpaired) electrons. The van der Waals surface area contributed by atoms with Crippen molar-refractivity contribution in [3.8, 4) is 0 Å². The highest BCUT2D eigenvalue weighted by atomic mass is 16.5. The van der Waals surface area contributed by atoms with E-state index in [4.69, 9.17) is 4.74 Å². The third-order valence-corrected chi connectivity index (χ3v) is 5.14.